The van der Waals surface area contributed by atoms with Crippen LogP contribution in [0.4, 0.5) is 0 Å². The SMILES string of the molecule is O=C(Cn1ccccc1=O)NCCCSc1ccccc1. The Balaban J connectivity index is 1.64. The van der Waals surface area contributed by atoms with Crippen LogP contribution in [0.3, 0.4) is 0 Å². The average molecular weight is 302 g/mol. The Morgan fingerprint density at radius 2 is 1.86 bits per heavy atom. The van der Waals surface area contributed by atoms with Crippen LogP contribution in [0.1, 0.15) is 6.42 Å². The lowest BCUT2D eigenvalue weighted by Gasteiger charge is -2.07. The Morgan fingerprint density at radius 1 is 1.10 bits per heavy atom. The lowest BCUT2D eigenvalue weighted by Crippen LogP contribution is -2.32. The molecule has 0 aliphatic rings. The maximum absolute atomic E-state index is 11.7. The molecule has 1 aromatic heterocycles. The van der Waals surface area contributed by atoms with Crippen molar-refractivity contribution in [1.82, 2.24) is 9.88 Å². The molecule has 0 unspecified atom stereocenters. The fourth-order valence-electron chi connectivity index (χ4n) is 1.81. The van der Waals surface area contributed by atoms with Crippen molar-refractivity contribution in [1.29, 1.82) is 0 Å². The number of thioether (sulfide) groups is 1. The van der Waals surface area contributed by atoms with Gasteiger partial charge in [0, 0.05) is 23.7 Å². The Labute approximate surface area is 128 Å². The number of nitrogens with one attached hydrogen (secondary N) is 1. The minimum absolute atomic E-state index is 0.0749. The molecule has 0 aliphatic carbocycles. The Kier molecular flexibility index (Phi) is 6.09. The summed E-state index contributed by atoms with van der Waals surface area (Å²) in [6.45, 7) is 0.700. The van der Waals surface area contributed by atoms with E-state index in [2.05, 4.69) is 17.4 Å². The normalized spacial score (nSPS) is 10.3. The zero-order chi connectivity index (χ0) is 14.9. The van der Waals surface area contributed by atoms with E-state index in [4.69, 9.17) is 0 Å². The van der Waals surface area contributed by atoms with Gasteiger partial charge in [-0.25, -0.2) is 0 Å². The third kappa shape index (κ3) is 5.47. The van der Waals surface area contributed by atoms with Crippen LogP contribution in [0.5, 0.6) is 0 Å². The predicted octanol–water partition coefficient (Wildman–Crippen LogP) is 2.15. The van der Waals surface area contributed by atoms with E-state index in [-0.39, 0.29) is 18.0 Å². The molecule has 0 fully saturated rings. The number of carbonyl (C=O) groups excluding carboxylic acids is 1. The minimum atomic E-state index is -0.160. The number of carbonyl (C=O) groups is 1. The van der Waals surface area contributed by atoms with Gasteiger partial charge < -0.3 is 9.88 Å². The molecule has 1 heterocycles. The maximum Gasteiger partial charge on any atom is 0.250 e. The molecule has 110 valence electrons. The van der Waals surface area contributed by atoms with Crippen LogP contribution < -0.4 is 10.9 Å². The lowest BCUT2D eigenvalue weighted by atomic mass is 10.4. The molecule has 0 bridgehead atoms. The Hall–Kier alpha value is -2.01. The van der Waals surface area contributed by atoms with Crippen molar-refractivity contribution in [2.45, 2.75) is 17.9 Å². The molecular formula is C16H18N2O2S. The summed E-state index contributed by atoms with van der Waals surface area (Å²) in [7, 11) is 0. The number of amides is 1. The van der Waals surface area contributed by atoms with Crippen LogP contribution in [0.15, 0.2) is 64.4 Å². The molecule has 4 nitrogen and oxygen atoms in total. The molecule has 0 spiro atoms. The predicted molar refractivity (Wildman–Crippen MR) is 85.5 cm³/mol. The van der Waals surface area contributed by atoms with Crippen LogP contribution in [-0.2, 0) is 11.3 Å². The highest BCUT2D eigenvalue weighted by atomic mass is 32.2. The summed E-state index contributed by atoms with van der Waals surface area (Å²) in [6.07, 6.45) is 2.52. The van der Waals surface area contributed by atoms with E-state index in [0.717, 1.165) is 12.2 Å². The first-order valence-corrected chi connectivity index (χ1v) is 7.84. The van der Waals surface area contributed by atoms with Crippen molar-refractivity contribution in [3.05, 3.63) is 65.1 Å². The van der Waals surface area contributed by atoms with Crippen LogP contribution in [0.25, 0.3) is 0 Å². The van der Waals surface area contributed by atoms with Gasteiger partial charge in [-0.2, -0.15) is 0 Å². The van der Waals surface area contributed by atoms with E-state index in [1.165, 1.54) is 15.5 Å². The van der Waals surface area contributed by atoms with E-state index in [0.29, 0.717) is 6.54 Å². The number of hydrogen-bond donors (Lipinski definition) is 1. The summed E-state index contributed by atoms with van der Waals surface area (Å²) in [6, 6.07) is 15.0. The van der Waals surface area contributed by atoms with E-state index < -0.39 is 0 Å². The molecule has 2 aromatic rings. The van der Waals surface area contributed by atoms with Crippen LogP contribution in [0.2, 0.25) is 0 Å². The molecule has 0 radical (unpaired) electrons. The van der Waals surface area contributed by atoms with E-state index in [1.54, 1.807) is 30.1 Å². The summed E-state index contributed by atoms with van der Waals surface area (Å²) in [5, 5.41) is 2.83. The van der Waals surface area contributed by atoms with Crippen LogP contribution in [-0.4, -0.2) is 22.8 Å². The van der Waals surface area contributed by atoms with Crippen molar-refractivity contribution in [3.8, 4) is 0 Å². The highest BCUT2D eigenvalue weighted by Gasteiger charge is 2.02. The van der Waals surface area contributed by atoms with E-state index >= 15 is 0 Å². The summed E-state index contributed by atoms with van der Waals surface area (Å²) >= 11 is 1.77. The zero-order valence-corrected chi connectivity index (χ0v) is 12.5. The lowest BCUT2D eigenvalue weighted by molar-refractivity contribution is -0.121. The first kappa shape index (κ1) is 15.4. The third-order valence-electron chi connectivity index (χ3n) is 2.87. The van der Waals surface area contributed by atoms with Gasteiger partial charge in [0.15, 0.2) is 0 Å². The monoisotopic (exact) mass is 302 g/mol. The van der Waals surface area contributed by atoms with Gasteiger partial charge in [-0.05, 0) is 30.4 Å². The highest BCUT2D eigenvalue weighted by molar-refractivity contribution is 7.99. The van der Waals surface area contributed by atoms with Crippen molar-refractivity contribution >= 4 is 17.7 Å². The second kappa shape index (κ2) is 8.32. The molecular weight excluding hydrogens is 284 g/mol. The molecule has 1 amide bonds. The van der Waals surface area contributed by atoms with Crippen LogP contribution >= 0.6 is 11.8 Å². The van der Waals surface area contributed by atoms with Gasteiger partial charge >= 0.3 is 0 Å². The quantitative estimate of drug-likeness (QED) is 0.630. The van der Waals surface area contributed by atoms with Gasteiger partial charge in [0.25, 0.3) is 5.56 Å². The maximum atomic E-state index is 11.7. The van der Waals surface area contributed by atoms with E-state index in [9.17, 15) is 9.59 Å². The average Bonchev–Trinajstić information content (AvgIpc) is 2.50. The Bertz CT molecular complexity index is 625. The Morgan fingerprint density at radius 3 is 2.62 bits per heavy atom. The van der Waals surface area contributed by atoms with Gasteiger partial charge in [0.05, 0.1) is 0 Å². The fraction of sp³-hybridized carbons (Fsp3) is 0.250. The number of aromatic nitrogens is 1. The standard InChI is InChI=1S/C16H18N2O2S/c19-15(13-18-11-5-4-9-16(18)20)17-10-6-12-21-14-7-2-1-3-8-14/h1-5,7-9,11H,6,10,12-13H2,(H,17,19). The number of rotatable bonds is 7. The second-order valence-corrected chi connectivity index (χ2v) is 5.70. The molecule has 21 heavy (non-hydrogen) atoms. The number of nitrogens with zero attached hydrogens (tertiary/aromatic N) is 1. The first-order chi connectivity index (χ1) is 10.3. The van der Waals surface area contributed by atoms with Crippen molar-refractivity contribution < 1.29 is 4.79 Å². The van der Waals surface area contributed by atoms with Gasteiger partial charge in [-0.1, -0.05) is 24.3 Å². The summed E-state index contributed by atoms with van der Waals surface area (Å²) in [5.74, 6) is 0.822. The molecule has 0 saturated heterocycles. The van der Waals surface area contributed by atoms with Gasteiger partial charge in [0.1, 0.15) is 6.54 Å². The number of pyridine rings is 1. The first-order valence-electron chi connectivity index (χ1n) is 6.86. The molecule has 5 heteroatoms. The molecule has 0 atom stereocenters. The van der Waals surface area contributed by atoms with Gasteiger partial charge in [-0.15, -0.1) is 11.8 Å². The summed E-state index contributed by atoms with van der Waals surface area (Å²) in [5.41, 5.74) is -0.160. The highest BCUT2D eigenvalue weighted by Crippen LogP contribution is 2.17. The molecule has 2 rings (SSSR count). The van der Waals surface area contributed by atoms with Crippen molar-refractivity contribution in [2.75, 3.05) is 12.3 Å². The second-order valence-electron chi connectivity index (χ2n) is 4.53. The van der Waals surface area contributed by atoms with E-state index in [1.807, 2.05) is 18.2 Å². The number of benzene rings is 1. The largest absolute Gasteiger partial charge is 0.355 e. The smallest absolute Gasteiger partial charge is 0.250 e. The zero-order valence-electron chi connectivity index (χ0n) is 11.7. The third-order valence-corrected chi connectivity index (χ3v) is 3.97. The minimum Gasteiger partial charge on any atom is -0.355 e. The van der Waals surface area contributed by atoms with Crippen molar-refractivity contribution in [2.24, 2.45) is 0 Å². The summed E-state index contributed by atoms with van der Waals surface area (Å²) in [4.78, 5) is 24.4. The molecule has 0 saturated carbocycles. The van der Waals surface area contributed by atoms with Crippen LogP contribution in [0, 0.1) is 0 Å². The van der Waals surface area contributed by atoms with Crippen molar-refractivity contribution in [3.63, 3.8) is 0 Å². The summed E-state index contributed by atoms with van der Waals surface area (Å²) < 4.78 is 1.40. The fourth-order valence-corrected chi connectivity index (χ4v) is 2.68. The topological polar surface area (TPSA) is 51.1 Å². The molecule has 1 N–H and O–H groups in total. The molecule has 0 aliphatic heterocycles. The molecule has 1 aromatic carbocycles. The van der Waals surface area contributed by atoms with Gasteiger partial charge in [-0.3, -0.25) is 9.59 Å². The van der Waals surface area contributed by atoms with Gasteiger partial charge in [0.2, 0.25) is 5.91 Å². The number of hydrogen-bond acceptors (Lipinski definition) is 3.